The molecule has 1 aromatic rings. The van der Waals surface area contributed by atoms with E-state index in [-0.39, 0.29) is 12.4 Å². The lowest BCUT2D eigenvalue weighted by molar-refractivity contribution is -0.157. The van der Waals surface area contributed by atoms with Crippen LogP contribution in [0.4, 0.5) is 0 Å². The Balaban J connectivity index is 2.55. The Kier molecular flexibility index (Phi) is 3.33. The van der Waals surface area contributed by atoms with Crippen LogP contribution in [-0.4, -0.2) is 40.6 Å². The number of carbonyl (C=O) groups is 2. The molecule has 0 aliphatic carbocycles. The number of ether oxygens (including phenoxy) is 1. The van der Waals surface area contributed by atoms with Crippen LogP contribution in [0.3, 0.4) is 0 Å². The molecule has 1 aliphatic rings. The van der Waals surface area contributed by atoms with Gasteiger partial charge in [0.15, 0.2) is 0 Å². The Morgan fingerprint density at radius 3 is 2.89 bits per heavy atom. The van der Waals surface area contributed by atoms with Crippen LogP contribution in [0.1, 0.15) is 18.9 Å². The third kappa shape index (κ3) is 1.89. The SMILES string of the molecule is CCCN(C=O)C1(C(=O)O)COc2cc(O)ccc21. The zero-order valence-corrected chi connectivity index (χ0v) is 10.5. The molecule has 0 radical (unpaired) electrons. The summed E-state index contributed by atoms with van der Waals surface area (Å²) in [5.41, 5.74) is -1.13. The Hall–Kier alpha value is -2.24. The smallest absolute Gasteiger partial charge is 0.338 e. The summed E-state index contributed by atoms with van der Waals surface area (Å²) < 4.78 is 5.34. The molecule has 19 heavy (non-hydrogen) atoms. The average molecular weight is 265 g/mol. The van der Waals surface area contributed by atoms with Gasteiger partial charge < -0.3 is 19.8 Å². The zero-order valence-electron chi connectivity index (χ0n) is 10.5. The van der Waals surface area contributed by atoms with Gasteiger partial charge in [0.2, 0.25) is 11.9 Å². The van der Waals surface area contributed by atoms with Gasteiger partial charge in [-0.3, -0.25) is 4.79 Å². The molecular weight excluding hydrogens is 250 g/mol. The van der Waals surface area contributed by atoms with Gasteiger partial charge in [0.25, 0.3) is 0 Å². The number of rotatable bonds is 5. The van der Waals surface area contributed by atoms with E-state index < -0.39 is 11.5 Å². The fraction of sp³-hybridized carbons (Fsp3) is 0.385. The molecule has 0 bridgehead atoms. The Morgan fingerprint density at radius 1 is 1.58 bits per heavy atom. The van der Waals surface area contributed by atoms with Gasteiger partial charge in [-0.05, 0) is 18.6 Å². The predicted molar refractivity (Wildman–Crippen MR) is 66.0 cm³/mol. The van der Waals surface area contributed by atoms with Crippen molar-refractivity contribution in [3.05, 3.63) is 23.8 Å². The molecule has 0 saturated carbocycles. The minimum absolute atomic E-state index is 0.00640. The minimum atomic E-state index is -1.51. The van der Waals surface area contributed by atoms with Crippen molar-refractivity contribution in [2.75, 3.05) is 13.2 Å². The number of amides is 1. The number of aromatic hydroxyl groups is 1. The van der Waals surface area contributed by atoms with Gasteiger partial charge >= 0.3 is 5.97 Å². The maximum absolute atomic E-state index is 11.7. The highest BCUT2D eigenvalue weighted by Gasteiger charge is 2.52. The highest BCUT2D eigenvalue weighted by atomic mass is 16.5. The molecular formula is C13H15NO5. The van der Waals surface area contributed by atoms with Gasteiger partial charge in [0.1, 0.15) is 18.1 Å². The number of hydrogen-bond donors (Lipinski definition) is 2. The third-order valence-electron chi connectivity index (χ3n) is 3.28. The second kappa shape index (κ2) is 4.79. The maximum atomic E-state index is 11.7. The molecule has 1 amide bonds. The number of benzene rings is 1. The molecule has 1 aromatic carbocycles. The first kappa shape index (κ1) is 13.2. The van der Waals surface area contributed by atoms with E-state index >= 15 is 0 Å². The summed E-state index contributed by atoms with van der Waals surface area (Å²) in [4.78, 5) is 24.2. The van der Waals surface area contributed by atoms with Crippen molar-refractivity contribution in [3.8, 4) is 11.5 Å². The van der Waals surface area contributed by atoms with Gasteiger partial charge in [-0.25, -0.2) is 4.79 Å². The van der Waals surface area contributed by atoms with Crippen LogP contribution in [0.2, 0.25) is 0 Å². The second-order valence-electron chi connectivity index (χ2n) is 4.43. The molecule has 102 valence electrons. The molecule has 1 unspecified atom stereocenters. The van der Waals surface area contributed by atoms with Crippen molar-refractivity contribution in [2.24, 2.45) is 0 Å². The number of phenolic OH excluding ortho intramolecular Hbond substituents is 1. The van der Waals surface area contributed by atoms with Crippen LogP contribution in [0.25, 0.3) is 0 Å². The molecule has 0 aromatic heterocycles. The maximum Gasteiger partial charge on any atom is 0.338 e. The number of carboxylic acids is 1. The first-order valence-corrected chi connectivity index (χ1v) is 5.98. The lowest BCUT2D eigenvalue weighted by Gasteiger charge is -2.33. The molecule has 2 N–H and O–H groups in total. The Morgan fingerprint density at radius 2 is 2.32 bits per heavy atom. The summed E-state index contributed by atoms with van der Waals surface area (Å²) in [7, 11) is 0. The molecule has 6 nitrogen and oxygen atoms in total. The van der Waals surface area contributed by atoms with Crippen molar-refractivity contribution in [3.63, 3.8) is 0 Å². The molecule has 0 saturated heterocycles. The third-order valence-corrected chi connectivity index (χ3v) is 3.28. The number of phenols is 1. The first-order chi connectivity index (χ1) is 9.06. The Labute approximate surface area is 110 Å². The standard InChI is InChI=1S/C13H15NO5/c1-2-5-14(8-15)13(12(17)18)7-19-11-6-9(16)3-4-10(11)13/h3-4,6,8,16H,2,5,7H2,1H3,(H,17,18). The van der Waals surface area contributed by atoms with E-state index in [1.165, 1.54) is 23.1 Å². The summed E-state index contributed by atoms with van der Waals surface area (Å²) >= 11 is 0. The molecule has 6 heteroatoms. The van der Waals surface area contributed by atoms with E-state index in [1.807, 2.05) is 6.92 Å². The van der Waals surface area contributed by atoms with E-state index in [1.54, 1.807) is 0 Å². The van der Waals surface area contributed by atoms with Crippen LogP contribution < -0.4 is 4.74 Å². The molecule has 1 atom stereocenters. The van der Waals surface area contributed by atoms with Crippen molar-refractivity contribution in [2.45, 2.75) is 18.9 Å². The minimum Gasteiger partial charge on any atom is -0.508 e. The van der Waals surface area contributed by atoms with Crippen LogP contribution in [-0.2, 0) is 15.1 Å². The van der Waals surface area contributed by atoms with Crippen LogP contribution in [0.5, 0.6) is 11.5 Å². The lowest BCUT2D eigenvalue weighted by atomic mass is 9.90. The topological polar surface area (TPSA) is 87.1 Å². The molecule has 0 spiro atoms. The fourth-order valence-corrected chi connectivity index (χ4v) is 2.34. The highest BCUT2D eigenvalue weighted by molar-refractivity contribution is 5.86. The molecule has 0 fully saturated rings. The summed E-state index contributed by atoms with van der Waals surface area (Å²) in [6, 6.07) is 4.23. The van der Waals surface area contributed by atoms with Gasteiger partial charge in [0, 0.05) is 18.2 Å². The van der Waals surface area contributed by atoms with Crippen molar-refractivity contribution < 1.29 is 24.5 Å². The highest BCUT2D eigenvalue weighted by Crippen LogP contribution is 2.42. The van der Waals surface area contributed by atoms with Crippen molar-refractivity contribution in [1.82, 2.24) is 4.90 Å². The number of aliphatic carboxylic acids is 1. The van der Waals surface area contributed by atoms with E-state index in [4.69, 9.17) is 4.74 Å². The fourth-order valence-electron chi connectivity index (χ4n) is 2.34. The molecule has 1 heterocycles. The van der Waals surface area contributed by atoms with Gasteiger partial charge in [-0.2, -0.15) is 0 Å². The monoisotopic (exact) mass is 265 g/mol. The van der Waals surface area contributed by atoms with Crippen molar-refractivity contribution >= 4 is 12.4 Å². The van der Waals surface area contributed by atoms with Gasteiger partial charge in [0.05, 0.1) is 0 Å². The molecule has 1 aliphatic heterocycles. The first-order valence-electron chi connectivity index (χ1n) is 5.98. The number of fused-ring (bicyclic) bond motifs is 1. The molecule has 2 rings (SSSR count). The summed E-state index contributed by atoms with van der Waals surface area (Å²) in [6.45, 7) is 2.03. The Bertz CT molecular complexity index is 516. The largest absolute Gasteiger partial charge is 0.508 e. The quantitative estimate of drug-likeness (QED) is 0.773. The van der Waals surface area contributed by atoms with E-state index in [0.717, 1.165) is 0 Å². The second-order valence-corrected chi connectivity index (χ2v) is 4.43. The van der Waals surface area contributed by atoms with E-state index in [0.29, 0.717) is 30.7 Å². The van der Waals surface area contributed by atoms with Gasteiger partial charge in [-0.15, -0.1) is 0 Å². The predicted octanol–water partition coefficient (Wildman–Crippen LogP) is 0.933. The number of hydrogen-bond acceptors (Lipinski definition) is 4. The number of nitrogens with zero attached hydrogens (tertiary/aromatic N) is 1. The van der Waals surface area contributed by atoms with Crippen LogP contribution >= 0.6 is 0 Å². The van der Waals surface area contributed by atoms with E-state index in [2.05, 4.69) is 0 Å². The van der Waals surface area contributed by atoms with E-state index in [9.17, 15) is 19.8 Å². The van der Waals surface area contributed by atoms with Crippen LogP contribution in [0, 0.1) is 0 Å². The summed E-state index contributed by atoms with van der Waals surface area (Å²) in [6.07, 6.45) is 1.17. The van der Waals surface area contributed by atoms with Crippen LogP contribution in [0.15, 0.2) is 18.2 Å². The number of carboxylic acid groups (broad SMARTS) is 1. The summed E-state index contributed by atoms with van der Waals surface area (Å²) in [5, 5.41) is 19.0. The number of carbonyl (C=O) groups excluding carboxylic acids is 1. The zero-order chi connectivity index (χ0) is 14.0. The summed E-state index contributed by atoms with van der Waals surface area (Å²) in [5.74, 6) is -0.851. The average Bonchev–Trinajstić information content (AvgIpc) is 2.75. The normalized spacial score (nSPS) is 20.5. The van der Waals surface area contributed by atoms with Crippen molar-refractivity contribution in [1.29, 1.82) is 0 Å². The lowest BCUT2D eigenvalue weighted by Crippen LogP contribution is -2.53. The van der Waals surface area contributed by atoms with Gasteiger partial charge in [-0.1, -0.05) is 6.92 Å².